The molecule has 2 heterocycles. The largest absolute Gasteiger partial charge is 0.315 e. The highest BCUT2D eigenvalue weighted by Crippen LogP contribution is 2.15. The van der Waals surface area contributed by atoms with E-state index in [-0.39, 0.29) is 0 Å². The number of aromatic nitrogens is 3. The summed E-state index contributed by atoms with van der Waals surface area (Å²) in [6.45, 7) is 6.17. The van der Waals surface area contributed by atoms with E-state index in [1.54, 1.807) is 11.3 Å². The Hall–Kier alpha value is -1.76. The van der Waals surface area contributed by atoms with Gasteiger partial charge in [0, 0.05) is 23.9 Å². The Balaban J connectivity index is 1.67. The van der Waals surface area contributed by atoms with Crippen molar-refractivity contribution in [1.82, 2.24) is 14.3 Å². The highest BCUT2D eigenvalue weighted by Gasteiger charge is 2.13. The van der Waals surface area contributed by atoms with Crippen LogP contribution < -0.4 is 4.90 Å². The van der Waals surface area contributed by atoms with Gasteiger partial charge in [0.05, 0.1) is 7.05 Å². The fraction of sp³-hybridized carbons (Fsp3) is 0.400. The van der Waals surface area contributed by atoms with E-state index in [0.717, 1.165) is 30.2 Å². The number of rotatable bonds is 7. The minimum atomic E-state index is 0.572. The number of quaternary nitrogens is 1. The lowest BCUT2D eigenvalue weighted by molar-refractivity contribution is -0.917. The monoisotopic (exact) mass is 387 g/mol. The van der Waals surface area contributed by atoms with Gasteiger partial charge in [-0.1, -0.05) is 44.2 Å². The third-order valence-corrected chi connectivity index (χ3v) is 5.98. The van der Waals surface area contributed by atoms with Crippen LogP contribution >= 0.6 is 23.6 Å². The van der Waals surface area contributed by atoms with Crippen molar-refractivity contribution >= 4 is 23.6 Å². The molecule has 0 amide bonds. The molecule has 1 atom stereocenters. The van der Waals surface area contributed by atoms with E-state index in [4.69, 9.17) is 17.3 Å². The van der Waals surface area contributed by atoms with Crippen LogP contribution in [0.15, 0.2) is 41.8 Å². The molecule has 138 valence electrons. The predicted molar refractivity (Wildman–Crippen MR) is 110 cm³/mol. The number of benzene rings is 1. The first-order valence-electron chi connectivity index (χ1n) is 8.99. The maximum absolute atomic E-state index is 5.59. The topological polar surface area (TPSA) is 27.2 Å². The van der Waals surface area contributed by atoms with Gasteiger partial charge in [0.25, 0.3) is 0 Å². The zero-order valence-corrected chi connectivity index (χ0v) is 17.5. The maximum atomic E-state index is 5.59. The van der Waals surface area contributed by atoms with E-state index >= 15 is 0 Å². The summed E-state index contributed by atoms with van der Waals surface area (Å²) in [4.78, 5) is 2.67. The Bertz CT molecular complexity index is 889. The third kappa shape index (κ3) is 4.50. The van der Waals surface area contributed by atoms with E-state index in [9.17, 15) is 0 Å². The Morgan fingerprint density at radius 1 is 1.19 bits per heavy atom. The van der Waals surface area contributed by atoms with Gasteiger partial charge in [-0.15, -0.1) is 11.3 Å². The molecule has 0 aliphatic rings. The molecule has 1 aromatic carbocycles. The molecule has 3 rings (SSSR count). The molecule has 0 saturated heterocycles. The molecular weight excluding hydrogens is 360 g/mol. The van der Waals surface area contributed by atoms with Crippen LogP contribution in [0.1, 0.15) is 41.6 Å². The lowest BCUT2D eigenvalue weighted by Gasteiger charge is -2.14. The van der Waals surface area contributed by atoms with Crippen LogP contribution in [-0.4, -0.2) is 21.4 Å². The van der Waals surface area contributed by atoms with Crippen molar-refractivity contribution in [2.24, 2.45) is 7.05 Å². The molecule has 3 aromatic rings. The van der Waals surface area contributed by atoms with Crippen LogP contribution in [0.3, 0.4) is 0 Å². The van der Waals surface area contributed by atoms with E-state index in [1.165, 1.54) is 20.9 Å². The third-order valence-electron chi connectivity index (χ3n) is 4.62. The van der Waals surface area contributed by atoms with Crippen molar-refractivity contribution in [3.63, 3.8) is 0 Å². The first-order valence-corrected chi connectivity index (χ1v) is 10.3. The number of hydrogen-bond acceptors (Lipinski definition) is 3. The molecule has 0 aliphatic carbocycles. The molecule has 0 fully saturated rings. The molecular formula is C20H27N4S2+. The van der Waals surface area contributed by atoms with Crippen LogP contribution in [0.5, 0.6) is 0 Å². The molecule has 6 heteroatoms. The number of hydrogen-bond donors (Lipinski definition) is 1. The summed E-state index contributed by atoms with van der Waals surface area (Å²) in [7, 11) is 4.19. The highest BCUT2D eigenvalue weighted by atomic mass is 32.1. The molecule has 0 radical (unpaired) electrons. The molecule has 26 heavy (non-hydrogen) atoms. The van der Waals surface area contributed by atoms with E-state index < -0.39 is 0 Å². The molecule has 2 aromatic heterocycles. The van der Waals surface area contributed by atoms with Gasteiger partial charge < -0.3 is 9.47 Å². The molecule has 0 saturated carbocycles. The van der Waals surface area contributed by atoms with Gasteiger partial charge in [-0.05, 0) is 35.1 Å². The molecule has 4 nitrogen and oxygen atoms in total. The fourth-order valence-corrected chi connectivity index (χ4v) is 3.95. The van der Waals surface area contributed by atoms with E-state index in [2.05, 4.69) is 62.7 Å². The maximum Gasteiger partial charge on any atom is 0.202 e. The minimum absolute atomic E-state index is 0.572. The molecule has 0 bridgehead atoms. The zero-order chi connectivity index (χ0) is 18.7. The summed E-state index contributed by atoms with van der Waals surface area (Å²) < 4.78 is 4.77. The van der Waals surface area contributed by atoms with Crippen LogP contribution in [0.2, 0.25) is 0 Å². The summed E-state index contributed by atoms with van der Waals surface area (Å²) in [5, 5.41) is 6.87. The van der Waals surface area contributed by atoms with E-state index in [1.807, 2.05) is 16.3 Å². The quantitative estimate of drug-likeness (QED) is 0.629. The summed E-state index contributed by atoms with van der Waals surface area (Å²) in [6.07, 6.45) is 0.834. The molecule has 1 N–H and O–H groups in total. The van der Waals surface area contributed by atoms with Crippen LogP contribution in [-0.2, 0) is 26.7 Å². The second-order valence-corrected chi connectivity index (χ2v) is 8.60. The fourth-order valence-electron chi connectivity index (χ4n) is 3.04. The van der Waals surface area contributed by atoms with Crippen molar-refractivity contribution in [1.29, 1.82) is 0 Å². The first kappa shape index (κ1) is 19.0. The zero-order valence-electron chi connectivity index (χ0n) is 15.9. The number of nitrogens with one attached hydrogen (secondary N) is 1. The van der Waals surface area contributed by atoms with Crippen LogP contribution in [0, 0.1) is 4.77 Å². The van der Waals surface area contributed by atoms with Crippen molar-refractivity contribution in [3.8, 4) is 0 Å². The average molecular weight is 388 g/mol. The van der Waals surface area contributed by atoms with Gasteiger partial charge in [0.15, 0.2) is 6.67 Å². The SMILES string of the molecule is CC(C)c1ccc(C[NH+](C)Cn2nc(Cc3cccs3)n(C)c2=S)cc1. The number of thiophene rings is 1. The van der Waals surface area contributed by atoms with Gasteiger partial charge in [0.2, 0.25) is 4.77 Å². The summed E-state index contributed by atoms with van der Waals surface area (Å²) >= 11 is 7.35. The van der Waals surface area contributed by atoms with Gasteiger partial charge in [0.1, 0.15) is 12.4 Å². The van der Waals surface area contributed by atoms with Gasteiger partial charge in [-0.3, -0.25) is 0 Å². The molecule has 0 aliphatic heterocycles. The summed E-state index contributed by atoms with van der Waals surface area (Å²) in [6, 6.07) is 13.2. The van der Waals surface area contributed by atoms with Crippen molar-refractivity contribution in [2.75, 3.05) is 7.05 Å². The van der Waals surface area contributed by atoms with Gasteiger partial charge in [-0.2, -0.15) is 9.78 Å². The lowest BCUT2D eigenvalue weighted by atomic mass is 10.0. The number of nitrogens with zero attached hydrogens (tertiary/aromatic N) is 3. The van der Waals surface area contributed by atoms with E-state index in [0.29, 0.717) is 5.92 Å². The Morgan fingerprint density at radius 3 is 2.54 bits per heavy atom. The standard InChI is InChI=1S/C20H26N4S2/c1-15(2)17-9-7-16(8-10-17)13-22(3)14-24-20(25)23(4)19(21-24)12-18-6-5-11-26-18/h5-11,15H,12-14H2,1-4H3/p+1. The smallest absolute Gasteiger partial charge is 0.202 e. The first-order chi connectivity index (χ1) is 12.4. The highest BCUT2D eigenvalue weighted by molar-refractivity contribution is 7.71. The Labute approximate surface area is 164 Å². The summed E-state index contributed by atoms with van der Waals surface area (Å²) in [5.74, 6) is 1.59. The van der Waals surface area contributed by atoms with Crippen molar-refractivity contribution < 1.29 is 4.90 Å². The Kier molecular flexibility index (Phi) is 6.06. The lowest BCUT2D eigenvalue weighted by Crippen LogP contribution is -3.07. The Morgan fingerprint density at radius 2 is 1.92 bits per heavy atom. The van der Waals surface area contributed by atoms with Crippen molar-refractivity contribution in [2.45, 2.75) is 39.4 Å². The second-order valence-electron chi connectivity index (χ2n) is 7.20. The normalized spacial score (nSPS) is 12.7. The summed E-state index contributed by atoms with van der Waals surface area (Å²) in [5.41, 5.74) is 2.73. The van der Waals surface area contributed by atoms with Crippen molar-refractivity contribution in [3.05, 3.63) is 68.4 Å². The second kappa shape index (κ2) is 8.29. The minimum Gasteiger partial charge on any atom is -0.315 e. The van der Waals surface area contributed by atoms with Gasteiger partial charge in [-0.25, -0.2) is 0 Å². The predicted octanol–water partition coefficient (Wildman–Crippen LogP) is 3.40. The average Bonchev–Trinajstić information content (AvgIpc) is 3.20. The van der Waals surface area contributed by atoms with Crippen LogP contribution in [0.25, 0.3) is 0 Å². The molecule has 0 spiro atoms. The van der Waals surface area contributed by atoms with Crippen LogP contribution in [0.4, 0.5) is 0 Å². The van der Waals surface area contributed by atoms with Gasteiger partial charge >= 0.3 is 0 Å². The molecule has 1 unspecified atom stereocenters.